The third-order valence-corrected chi connectivity index (χ3v) is 3.88. The molecule has 0 fully saturated rings. The van der Waals surface area contributed by atoms with E-state index in [0.29, 0.717) is 30.0 Å². The molecule has 0 radical (unpaired) electrons. The van der Waals surface area contributed by atoms with Crippen LogP contribution in [0.2, 0.25) is 0 Å². The van der Waals surface area contributed by atoms with Gasteiger partial charge in [0.2, 0.25) is 10.1 Å². The van der Waals surface area contributed by atoms with Gasteiger partial charge >= 0.3 is 12.3 Å². The number of carbonyl (C=O) groups excluding carboxylic acids is 1. The zero-order chi connectivity index (χ0) is 19.4. The summed E-state index contributed by atoms with van der Waals surface area (Å²) in [7, 11) is 0. The van der Waals surface area contributed by atoms with E-state index in [1.807, 2.05) is 12.1 Å². The number of alkyl halides is 3. The smallest absolute Gasteiger partial charge is 0.444 e. The Kier molecular flexibility index (Phi) is 6.06. The fraction of sp³-hybridized carbons (Fsp3) is 0.438. The molecule has 0 aliphatic rings. The number of anilines is 2. The van der Waals surface area contributed by atoms with Crippen LogP contribution in [0.3, 0.4) is 0 Å². The van der Waals surface area contributed by atoms with Crippen molar-refractivity contribution in [1.82, 2.24) is 10.2 Å². The van der Waals surface area contributed by atoms with Gasteiger partial charge in [-0.2, -0.15) is 13.2 Å². The molecule has 0 saturated heterocycles. The topological polar surface area (TPSA) is 76.1 Å². The molecule has 0 unspecified atom stereocenters. The number of carbonyl (C=O) groups is 1. The average Bonchev–Trinajstić information content (AvgIpc) is 2.96. The van der Waals surface area contributed by atoms with Crippen molar-refractivity contribution in [2.45, 2.75) is 39.0 Å². The summed E-state index contributed by atoms with van der Waals surface area (Å²) in [6.45, 7) is 5.74. The molecule has 1 amide bonds. The Morgan fingerprint density at radius 1 is 1.15 bits per heavy atom. The van der Waals surface area contributed by atoms with Gasteiger partial charge in [-0.25, -0.2) is 4.79 Å². The number of hydrogen-bond acceptors (Lipinski definition) is 6. The molecule has 1 aromatic heterocycles. The number of benzene rings is 1. The van der Waals surface area contributed by atoms with Gasteiger partial charge in [0.15, 0.2) is 0 Å². The van der Waals surface area contributed by atoms with Crippen LogP contribution in [-0.2, 0) is 17.3 Å². The van der Waals surface area contributed by atoms with Crippen molar-refractivity contribution < 1.29 is 22.7 Å². The summed E-state index contributed by atoms with van der Waals surface area (Å²) >= 11 is 0.469. The molecule has 0 atom stereocenters. The van der Waals surface area contributed by atoms with E-state index >= 15 is 0 Å². The van der Waals surface area contributed by atoms with Gasteiger partial charge in [0, 0.05) is 12.2 Å². The summed E-state index contributed by atoms with van der Waals surface area (Å²) in [6.07, 6.45) is -4.44. The first-order chi connectivity index (χ1) is 12.0. The van der Waals surface area contributed by atoms with Crippen molar-refractivity contribution in [3.05, 3.63) is 34.8 Å². The second kappa shape index (κ2) is 7.90. The first kappa shape index (κ1) is 20.0. The number of nitrogens with zero attached hydrogens (tertiary/aromatic N) is 2. The molecule has 26 heavy (non-hydrogen) atoms. The highest BCUT2D eigenvalue weighted by molar-refractivity contribution is 7.15. The predicted molar refractivity (Wildman–Crippen MR) is 93.4 cm³/mol. The molecule has 2 aromatic rings. The van der Waals surface area contributed by atoms with E-state index in [4.69, 9.17) is 4.74 Å². The lowest BCUT2D eigenvalue weighted by Crippen LogP contribution is -2.27. The Hall–Kier alpha value is -2.36. The number of halogens is 3. The summed E-state index contributed by atoms with van der Waals surface area (Å²) in [6, 6.07) is 7.09. The van der Waals surface area contributed by atoms with E-state index in [-0.39, 0.29) is 5.13 Å². The second-order valence-electron chi connectivity index (χ2n) is 6.41. The summed E-state index contributed by atoms with van der Waals surface area (Å²) in [4.78, 5) is 11.7. The van der Waals surface area contributed by atoms with Crippen LogP contribution in [0.5, 0.6) is 0 Å². The van der Waals surface area contributed by atoms with E-state index in [1.165, 1.54) is 0 Å². The van der Waals surface area contributed by atoms with Gasteiger partial charge in [-0.1, -0.05) is 23.5 Å². The fourth-order valence-corrected chi connectivity index (χ4v) is 2.54. The molecule has 0 saturated carbocycles. The minimum atomic E-state index is -4.48. The number of ether oxygens (including phenoxy) is 1. The minimum absolute atomic E-state index is 0.125. The molecule has 0 aliphatic carbocycles. The standard InChI is InChI=1S/C16H19F3N4O2S/c1-15(2,3)25-14(24)21-11-6-4-10(5-7-11)8-9-20-13-23-22-12(26-13)16(17,18)19/h4-7H,8-9H2,1-3H3,(H,20,23)(H,21,24). The molecule has 0 aliphatic heterocycles. The average molecular weight is 388 g/mol. The minimum Gasteiger partial charge on any atom is -0.444 e. The van der Waals surface area contributed by atoms with Crippen molar-refractivity contribution in [2.75, 3.05) is 17.2 Å². The highest BCUT2D eigenvalue weighted by atomic mass is 32.1. The number of rotatable bonds is 5. The van der Waals surface area contributed by atoms with Gasteiger partial charge < -0.3 is 10.1 Å². The van der Waals surface area contributed by atoms with Crippen LogP contribution in [0, 0.1) is 0 Å². The SMILES string of the molecule is CC(C)(C)OC(=O)Nc1ccc(CCNc2nnc(C(F)(F)F)s2)cc1. The van der Waals surface area contributed by atoms with Gasteiger partial charge in [-0.15, -0.1) is 10.2 Å². The zero-order valence-electron chi connectivity index (χ0n) is 14.5. The maximum atomic E-state index is 12.4. The first-order valence-corrected chi connectivity index (χ1v) is 8.58. The predicted octanol–water partition coefficient (Wildman–Crippen LogP) is 4.56. The third kappa shape index (κ3) is 6.51. The van der Waals surface area contributed by atoms with E-state index in [0.717, 1.165) is 5.56 Å². The number of amides is 1. The highest BCUT2D eigenvalue weighted by Gasteiger charge is 2.35. The molecule has 2 N–H and O–H groups in total. The van der Waals surface area contributed by atoms with Crippen LogP contribution in [0.1, 0.15) is 31.3 Å². The quantitative estimate of drug-likeness (QED) is 0.785. The summed E-state index contributed by atoms with van der Waals surface area (Å²) < 4.78 is 42.5. The molecule has 0 spiro atoms. The van der Waals surface area contributed by atoms with E-state index in [9.17, 15) is 18.0 Å². The van der Waals surface area contributed by atoms with Gasteiger partial charge in [-0.3, -0.25) is 5.32 Å². The largest absolute Gasteiger partial charge is 0.445 e. The molecule has 1 aromatic carbocycles. The van der Waals surface area contributed by atoms with Crippen LogP contribution in [0.15, 0.2) is 24.3 Å². The van der Waals surface area contributed by atoms with Crippen molar-refractivity contribution >= 4 is 28.2 Å². The highest BCUT2D eigenvalue weighted by Crippen LogP contribution is 2.32. The van der Waals surface area contributed by atoms with E-state index in [2.05, 4.69) is 20.8 Å². The Balaban J connectivity index is 1.80. The summed E-state index contributed by atoms with van der Waals surface area (Å²) in [5, 5.41) is 11.2. The van der Waals surface area contributed by atoms with Crippen LogP contribution >= 0.6 is 11.3 Å². The molecular formula is C16H19F3N4O2S. The maximum absolute atomic E-state index is 12.4. The van der Waals surface area contributed by atoms with Gasteiger partial charge in [0.1, 0.15) is 5.60 Å². The fourth-order valence-electron chi connectivity index (χ4n) is 1.90. The van der Waals surface area contributed by atoms with Crippen LogP contribution in [0.4, 0.5) is 28.8 Å². The molecule has 1 heterocycles. The van der Waals surface area contributed by atoms with Gasteiger partial charge in [0.25, 0.3) is 0 Å². The number of hydrogen-bond donors (Lipinski definition) is 2. The molecule has 0 bridgehead atoms. The zero-order valence-corrected chi connectivity index (χ0v) is 15.3. The lowest BCUT2D eigenvalue weighted by Gasteiger charge is -2.19. The molecular weight excluding hydrogens is 369 g/mol. The second-order valence-corrected chi connectivity index (χ2v) is 7.39. The maximum Gasteiger partial charge on any atom is 0.445 e. The Morgan fingerprint density at radius 3 is 2.35 bits per heavy atom. The van der Waals surface area contributed by atoms with E-state index in [1.54, 1.807) is 32.9 Å². The van der Waals surface area contributed by atoms with Crippen molar-refractivity contribution in [3.63, 3.8) is 0 Å². The monoisotopic (exact) mass is 388 g/mol. The van der Waals surface area contributed by atoms with Crippen molar-refractivity contribution in [3.8, 4) is 0 Å². The van der Waals surface area contributed by atoms with E-state index < -0.39 is 22.9 Å². The first-order valence-electron chi connectivity index (χ1n) is 7.76. The normalized spacial score (nSPS) is 11.9. The molecule has 142 valence electrons. The van der Waals surface area contributed by atoms with Gasteiger partial charge in [-0.05, 0) is 44.9 Å². The Morgan fingerprint density at radius 2 is 1.81 bits per heavy atom. The molecule has 2 rings (SSSR count). The van der Waals surface area contributed by atoms with Gasteiger partial charge in [0.05, 0.1) is 0 Å². The van der Waals surface area contributed by atoms with Crippen molar-refractivity contribution in [1.29, 1.82) is 0 Å². The lowest BCUT2D eigenvalue weighted by molar-refractivity contribution is -0.138. The lowest BCUT2D eigenvalue weighted by atomic mass is 10.1. The Bertz CT molecular complexity index is 739. The Labute approximate surface area is 152 Å². The molecule has 6 nitrogen and oxygen atoms in total. The number of nitrogens with one attached hydrogen (secondary N) is 2. The summed E-state index contributed by atoms with van der Waals surface area (Å²) in [5.74, 6) is 0. The number of aromatic nitrogens is 2. The molecule has 10 heteroatoms. The van der Waals surface area contributed by atoms with Crippen molar-refractivity contribution in [2.24, 2.45) is 0 Å². The van der Waals surface area contributed by atoms with Crippen LogP contribution < -0.4 is 10.6 Å². The third-order valence-electron chi connectivity index (χ3n) is 2.96. The summed E-state index contributed by atoms with van der Waals surface area (Å²) in [5.41, 5.74) is 0.967. The van der Waals surface area contributed by atoms with Crippen LogP contribution in [0.25, 0.3) is 0 Å². The van der Waals surface area contributed by atoms with Crippen LogP contribution in [-0.4, -0.2) is 28.4 Å².